The van der Waals surface area contributed by atoms with Crippen LogP contribution < -0.4 is 26.1 Å². The highest BCUT2D eigenvalue weighted by Crippen LogP contribution is 2.61. The Balaban J connectivity index is 1.13. The van der Waals surface area contributed by atoms with Gasteiger partial charge in [-0.1, -0.05) is 76.9 Å². The van der Waals surface area contributed by atoms with E-state index >= 15 is 0 Å². The number of aryl methyl sites for hydroxylation is 1. The predicted molar refractivity (Wildman–Crippen MR) is 276 cm³/mol. The minimum Gasteiger partial charge on any atom is -0.495 e. The van der Waals surface area contributed by atoms with E-state index in [1.54, 1.807) is 39.2 Å². The maximum absolute atomic E-state index is 14.4. The average Bonchev–Trinajstić information content (AvgIpc) is 4.01. The number of likely N-dealkylation sites (N-methyl/N-ethyl adjacent to an activating group) is 1. The van der Waals surface area contributed by atoms with Gasteiger partial charge in [0.1, 0.15) is 35.1 Å². The Morgan fingerprint density at radius 1 is 1.17 bits per heavy atom. The molecule has 0 spiro atoms. The molecule has 70 heavy (non-hydrogen) atoms. The molecule has 0 radical (unpaired) electrons. The Morgan fingerprint density at radius 3 is 2.63 bits per heavy atom. The number of methoxy groups -OCH3 is 2. The second-order valence-corrected chi connectivity index (χ2v) is 23.5. The van der Waals surface area contributed by atoms with Gasteiger partial charge in [-0.05, 0) is 107 Å². The second kappa shape index (κ2) is 22.8. The van der Waals surface area contributed by atoms with Crippen LogP contribution >= 0.6 is 33.2 Å². The fraction of sp³-hybridized carbons (Fsp3) is 0.569. The fourth-order valence-corrected chi connectivity index (χ4v) is 12.5. The van der Waals surface area contributed by atoms with Crippen molar-refractivity contribution in [3.05, 3.63) is 75.8 Å². The van der Waals surface area contributed by atoms with Crippen molar-refractivity contribution in [2.75, 3.05) is 44.7 Å². The SMILES string of the molecule is COc1cc2cc(c1Cl)N(C)C(=O)C[C@H](OC(=O)[C@H](C)N(C)C(=O)CCSSC(C)(C)CC(=O)N/N=C1/CCCc3cc(N)ccc31)[C@@]1(C)C[C@H]1[C@H](C)[C@@H]1C[C@@](O)(NC(=O)O1)[C@H](OC)/C=C/C=C(\C)C2. The van der Waals surface area contributed by atoms with Gasteiger partial charge in [-0.15, -0.1) is 0 Å². The van der Waals surface area contributed by atoms with E-state index in [1.165, 1.54) is 45.6 Å². The maximum Gasteiger partial charge on any atom is 0.409 e. The topological polar surface area (TPSA) is 211 Å². The number of nitrogens with two attached hydrogens (primary N) is 1. The van der Waals surface area contributed by atoms with Crippen molar-refractivity contribution in [3.8, 4) is 5.75 Å². The first-order valence-corrected chi connectivity index (χ1v) is 26.4. The van der Waals surface area contributed by atoms with Gasteiger partial charge in [-0.25, -0.2) is 15.0 Å². The van der Waals surface area contributed by atoms with Gasteiger partial charge in [-0.3, -0.25) is 19.7 Å². The van der Waals surface area contributed by atoms with E-state index < -0.39 is 52.3 Å². The Kier molecular flexibility index (Phi) is 17.8. The number of anilines is 2. The van der Waals surface area contributed by atoms with Crippen molar-refractivity contribution in [1.29, 1.82) is 0 Å². The van der Waals surface area contributed by atoms with Crippen molar-refractivity contribution in [2.45, 2.75) is 134 Å². The molecule has 2 aromatic carbocycles. The summed E-state index contributed by atoms with van der Waals surface area (Å²) in [5.74, 6) is -1.30. The number of amides is 4. The summed E-state index contributed by atoms with van der Waals surface area (Å²) < 4.78 is 23.0. The van der Waals surface area contributed by atoms with Crippen LogP contribution in [0.4, 0.5) is 16.2 Å². The lowest BCUT2D eigenvalue weighted by Crippen LogP contribution is -2.63. The van der Waals surface area contributed by atoms with E-state index in [1.807, 2.05) is 65.0 Å². The molecule has 2 aliphatic carbocycles. The third kappa shape index (κ3) is 13.0. The molecule has 19 heteroatoms. The molecule has 1 saturated heterocycles. The number of hydrazone groups is 1. The molecule has 5 N–H and O–H groups in total. The first kappa shape index (κ1) is 54.6. The summed E-state index contributed by atoms with van der Waals surface area (Å²) in [4.78, 5) is 70.9. The number of ether oxygens (including phenoxy) is 4. The van der Waals surface area contributed by atoms with Crippen LogP contribution in [0.15, 0.2) is 59.2 Å². The molecule has 16 nitrogen and oxygen atoms in total. The van der Waals surface area contributed by atoms with Gasteiger partial charge in [-0.2, -0.15) is 5.10 Å². The number of nitrogens with one attached hydrogen (secondary N) is 2. The van der Waals surface area contributed by atoms with E-state index in [-0.39, 0.29) is 60.3 Å². The summed E-state index contributed by atoms with van der Waals surface area (Å²) >= 11 is 6.85. The number of carbonyl (C=O) groups excluding carboxylic acids is 5. The Bertz CT molecular complexity index is 2420. The van der Waals surface area contributed by atoms with Gasteiger partial charge in [0.15, 0.2) is 5.72 Å². The summed E-state index contributed by atoms with van der Waals surface area (Å²) in [5.41, 5.74) is 12.0. The number of hydrogen-bond donors (Lipinski definition) is 4. The highest BCUT2D eigenvalue weighted by atomic mass is 35.5. The zero-order chi connectivity index (χ0) is 51.3. The number of hydrogen-bond acceptors (Lipinski definition) is 14. The van der Waals surface area contributed by atoms with E-state index in [0.29, 0.717) is 35.7 Å². The van der Waals surface area contributed by atoms with E-state index in [2.05, 4.69) is 15.8 Å². The van der Waals surface area contributed by atoms with Crippen LogP contribution in [0.2, 0.25) is 5.02 Å². The number of carbonyl (C=O) groups is 5. The highest BCUT2D eigenvalue weighted by Gasteiger charge is 2.62. The standard InChI is InChI=1S/C51H69ClN6O10S2/c1-29-13-11-16-41(66-10)51(64)27-40(67-48(63)54-51)30(2)36-26-50(36,6)42(25-45(61)58(8)38-22-32(21-29)23-39(65-9)46(38)52)68-47(62)31(3)57(7)44(60)19-20-69-70-49(4,5)28-43(59)56-55-37-15-12-14-33-24-34(53)17-18-35(33)37/h11,13,16-18,22-24,30-31,36,40-42,64H,12,14-15,19-21,25-28,53H2,1-10H3,(H,54,63)(H,56,59)/b16-11+,29-13+,55-37-/t30-,31-,36-,40-,41+,42-,50-,51-/m0/s1. The van der Waals surface area contributed by atoms with Crippen LogP contribution in [0.5, 0.6) is 5.75 Å². The lowest BCUT2D eigenvalue weighted by molar-refractivity contribution is -0.163. The minimum atomic E-state index is -1.80. The lowest BCUT2D eigenvalue weighted by Gasteiger charge is -2.42. The number of fused-ring (bicyclic) bond motifs is 6. The van der Waals surface area contributed by atoms with E-state index in [0.717, 1.165) is 47.2 Å². The zero-order valence-corrected chi connectivity index (χ0v) is 44.3. The molecule has 382 valence electrons. The number of benzene rings is 2. The van der Waals surface area contributed by atoms with E-state index in [4.69, 9.17) is 36.3 Å². The normalized spacial score (nSPS) is 28.2. The molecule has 2 heterocycles. The second-order valence-electron chi connectivity index (χ2n) is 20.0. The molecular formula is C51H69ClN6O10S2. The first-order chi connectivity index (χ1) is 33.0. The van der Waals surface area contributed by atoms with Gasteiger partial charge >= 0.3 is 12.1 Å². The Hall–Kier alpha value is -4.75. The van der Waals surface area contributed by atoms with Crippen molar-refractivity contribution < 1.29 is 48.0 Å². The summed E-state index contributed by atoms with van der Waals surface area (Å²) in [6.07, 6.45) is 5.56. The number of halogens is 1. The quantitative estimate of drug-likeness (QED) is 0.0498. The van der Waals surface area contributed by atoms with Crippen LogP contribution in [-0.2, 0) is 46.2 Å². The molecule has 8 atom stereocenters. The predicted octanol–water partition coefficient (Wildman–Crippen LogP) is 7.76. The van der Waals surface area contributed by atoms with Crippen LogP contribution in [-0.4, -0.2) is 114 Å². The summed E-state index contributed by atoms with van der Waals surface area (Å²) in [7, 11) is 9.08. The zero-order valence-electron chi connectivity index (χ0n) is 41.9. The maximum atomic E-state index is 14.4. The summed E-state index contributed by atoms with van der Waals surface area (Å²) in [6.45, 7) is 11.3. The average molecular weight is 1030 g/mol. The molecule has 6 rings (SSSR count). The molecule has 1 saturated carbocycles. The molecule has 2 aromatic rings. The largest absolute Gasteiger partial charge is 0.495 e. The number of aliphatic hydroxyl groups is 1. The smallest absolute Gasteiger partial charge is 0.409 e. The monoisotopic (exact) mass is 1020 g/mol. The third-order valence-electron chi connectivity index (χ3n) is 14.1. The summed E-state index contributed by atoms with van der Waals surface area (Å²) in [6, 6.07) is 8.37. The van der Waals surface area contributed by atoms with Gasteiger partial charge in [0, 0.05) is 67.6 Å². The van der Waals surface area contributed by atoms with Crippen molar-refractivity contribution in [3.63, 3.8) is 0 Å². The van der Waals surface area contributed by atoms with Crippen molar-refractivity contribution in [1.82, 2.24) is 15.6 Å². The molecule has 0 unspecified atom stereocenters. The molecule has 4 bridgehead atoms. The molecular weight excluding hydrogens is 956 g/mol. The molecule has 4 amide bonds. The number of rotatable bonds is 13. The van der Waals surface area contributed by atoms with Crippen LogP contribution in [0, 0.1) is 17.3 Å². The van der Waals surface area contributed by atoms with Gasteiger partial charge < -0.3 is 39.6 Å². The van der Waals surface area contributed by atoms with E-state index in [9.17, 15) is 29.1 Å². The molecule has 2 fully saturated rings. The molecule has 4 aliphatic rings. The number of nitrogen functional groups attached to an aromatic ring is 1. The van der Waals surface area contributed by atoms with Crippen molar-refractivity contribution in [2.24, 2.45) is 22.4 Å². The Morgan fingerprint density at radius 2 is 1.91 bits per heavy atom. The van der Waals surface area contributed by atoms with Crippen LogP contribution in [0.1, 0.15) is 103 Å². The van der Waals surface area contributed by atoms with Gasteiger partial charge in [0.05, 0.1) is 24.9 Å². The number of allylic oxidation sites excluding steroid dienone is 3. The first-order valence-electron chi connectivity index (χ1n) is 23.7. The number of nitrogens with zero attached hydrogens (tertiary/aromatic N) is 3. The number of alkyl carbamates (subject to hydrolysis) is 1. The molecule has 0 aromatic heterocycles. The van der Waals surface area contributed by atoms with Crippen LogP contribution in [0.3, 0.4) is 0 Å². The van der Waals surface area contributed by atoms with Crippen LogP contribution in [0.25, 0.3) is 0 Å². The summed E-state index contributed by atoms with van der Waals surface area (Å²) in [5, 5.41) is 19.1. The Labute approximate surface area is 424 Å². The third-order valence-corrected chi connectivity index (χ3v) is 17.8. The lowest BCUT2D eigenvalue weighted by atomic mass is 9.83. The number of esters is 1. The highest BCUT2D eigenvalue weighted by molar-refractivity contribution is 8.77. The molecule has 2 aliphatic heterocycles. The van der Waals surface area contributed by atoms with Gasteiger partial charge in [0.2, 0.25) is 17.7 Å². The van der Waals surface area contributed by atoms with Crippen molar-refractivity contribution >= 4 is 80.1 Å². The van der Waals surface area contributed by atoms with Gasteiger partial charge in [0.25, 0.3) is 0 Å². The minimum absolute atomic E-state index is 0.00428. The fourth-order valence-electron chi connectivity index (χ4n) is 9.67.